The van der Waals surface area contributed by atoms with Gasteiger partial charge in [0.2, 0.25) is 0 Å². The highest BCUT2D eigenvalue weighted by atomic mass is 79.9. The van der Waals surface area contributed by atoms with E-state index in [9.17, 15) is 9.59 Å². The average molecular weight is 444 g/mol. The Balaban J connectivity index is 1.60. The van der Waals surface area contributed by atoms with Crippen LogP contribution in [0.25, 0.3) is 17.4 Å². The fourth-order valence-electron chi connectivity index (χ4n) is 2.67. The zero-order valence-electron chi connectivity index (χ0n) is 13.8. The molecule has 0 aliphatic carbocycles. The molecule has 2 aromatic carbocycles. The summed E-state index contributed by atoms with van der Waals surface area (Å²) in [6.07, 6.45) is 1.44. The summed E-state index contributed by atoms with van der Waals surface area (Å²) < 4.78 is 6.73. The Labute approximate surface area is 168 Å². The summed E-state index contributed by atoms with van der Waals surface area (Å²) >= 11 is 9.25. The second-order valence-corrected chi connectivity index (χ2v) is 7.18. The van der Waals surface area contributed by atoms with Crippen LogP contribution in [0.1, 0.15) is 5.76 Å². The van der Waals surface area contributed by atoms with Crippen molar-refractivity contribution in [2.45, 2.75) is 0 Å². The monoisotopic (exact) mass is 442 g/mol. The third kappa shape index (κ3) is 3.54. The smallest absolute Gasteiger partial charge is 0.282 e. The van der Waals surface area contributed by atoms with Gasteiger partial charge in [0.05, 0.1) is 5.69 Å². The minimum atomic E-state index is -0.489. The maximum Gasteiger partial charge on any atom is 0.282 e. The molecule has 0 radical (unpaired) electrons. The second-order valence-electron chi connectivity index (χ2n) is 5.82. The fourth-order valence-corrected chi connectivity index (χ4v) is 3.06. The van der Waals surface area contributed by atoms with Gasteiger partial charge in [-0.15, -0.1) is 0 Å². The van der Waals surface area contributed by atoms with E-state index >= 15 is 0 Å². The molecule has 0 spiro atoms. The van der Waals surface area contributed by atoms with Crippen LogP contribution in [-0.4, -0.2) is 11.8 Å². The number of rotatable bonds is 3. The van der Waals surface area contributed by atoms with E-state index in [2.05, 4.69) is 21.4 Å². The molecular weight excluding hydrogens is 432 g/mol. The number of hydrogen-bond donors (Lipinski definition) is 1. The summed E-state index contributed by atoms with van der Waals surface area (Å²) in [4.78, 5) is 24.9. The Morgan fingerprint density at radius 1 is 0.963 bits per heavy atom. The SMILES string of the molecule is O=C1NN(c2ccc(Cl)cc2)C(=O)/C1=C/c1ccc(-c2ccc(Br)cc2)o1. The number of carbonyl (C=O) groups excluding carboxylic acids is 2. The predicted octanol–water partition coefficient (Wildman–Crippen LogP) is 4.82. The molecule has 1 aliphatic rings. The second kappa shape index (κ2) is 7.06. The number of halogens is 2. The Bertz CT molecular complexity index is 1060. The third-order valence-corrected chi connectivity index (χ3v) is 4.80. The van der Waals surface area contributed by atoms with Gasteiger partial charge < -0.3 is 4.42 Å². The van der Waals surface area contributed by atoms with Gasteiger partial charge in [0.1, 0.15) is 17.1 Å². The highest BCUT2D eigenvalue weighted by molar-refractivity contribution is 9.10. The van der Waals surface area contributed by atoms with Crippen LogP contribution >= 0.6 is 27.5 Å². The molecule has 5 nitrogen and oxygen atoms in total. The van der Waals surface area contributed by atoms with E-state index in [1.54, 1.807) is 36.4 Å². The number of nitrogens with one attached hydrogen (secondary N) is 1. The maximum absolute atomic E-state index is 12.6. The Morgan fingerprint density at radius 2 is 1.67 bits per heavy atom. The summed E-state index contributed by atoms with van der Waals surface area (Å²) in [5.41, 5.74) is 3.96. The molecule has 1 aliphatic heterocycles. The zero-order chi connectivity index (χ0) is 19.0. The summed E-state index contributed by atoms with van der Waals surface area (Å²) in [6, 6.07) is 17.8. The maximum atomic E-state index is 12.6. The summed E-state index contributed by atoms with van der Waals surface area (Å²) in [5.74, 6) is 0.125. The number of nitrogens with zero attached hydrogens (tertiary/aromatic N) is 1. The van der Waals surface area contributed by atoms with Crippen LogP contribution in [0, 0.1) is 0 Å². The summed E-state index contributed by atoms with van der Waals surface area (Å²) in [7, 11) is 0. The van der Waals surface area contributed by atoms with Crippen molar-refractivity contribution in [2.75, 3.05) is 5.01 Å². The van der Waals surface area contributed by atoms with Crippen LogP contribution < -0.4 is 10.4 Å². The molecule has 1 fully saturated rings. The first-order chi connectivity index (χ1) is 13.0. The molecule has 0 saturated carbocycles. The van der Waals surface area contributed by atoms with Crippen LogP contribution in [0.5, 0.6) is 0 Å². The van der Waals surface area contributed by atoms with Crippen LogP contribution in [0.3, 0.4) is 0 Å². The van der Waals surface area contributed by atoms with Crippen molar-refractivity contribution in [3.63, 3.8) is 0 Å². The van der Waals surface area contributed by atoms with E-state index in [4.69, 9.17) is 16.0 Å². The quantitative estimate of drug-likeness (QED) is 0.466. The van der Waals surface area contributed by atoms with Gasteiger partial charge in [0, 0.05) is 15.1 Å². The molecule has 1 aromatic heterocycles. The molecule has 2 amide bonds. The average Bonchev–Trinajstić information content (AvgIpc) is 3.23. The normalized spacial score (nSPS) is 15.5. The lowest BCUT2D eigenvalue weighted by Gasteiger charge is -2.14. The number of carbonyl (C=O) groups is 2. The number of furan rings is 1. The molecule has 0 atom stereocenters. The van der Waals surface area contributed by atoms with Gasteiger partial charge >= 0.3 is 0 Å². The van der Waals surface area contributed by atoms with Crippen molar-refractivity contribution in [1.82, 2.24) is 5.43 Å². The van der Waals surface area contributed by atoms with E-state index in [1.807, 2.05) is 24.3 Å². The van der Waals surface area contributed by atoms with Crippen molar-refractivity contribution in [3.05, 3.63) is 81.5 Å². The van der Waals surface area contributed by atoms with Crippen LogP contribution in [0.15, 0.2) is 75.1 Å². The van der Waals surface area contributed by atoms with Gasteiger partial charge in [0.25, 0.3) is 11.8 Å². The van der Waals surface area contributed by atoms with Crippen LogP contribution in [0.2, 0.25) is 5.02 Å². The van der Waals surface area contributed by atoms with Gasteiger partial charge in [-0.25, -0.2) is 5.01 Å². The molecule has 134 valence electrons. The van der Waals surface area contributed by atoms with Gasteiger partial charge in [0.15, 0.2) is 0 Å². The van der Waals surface area contributed by atoms with E-state index < -0.39 is 11.8 Å². The molecule has 1 N–H and O–H groups in total. The van der Waals surface area contributed by atoms with Crippen molar-refractivity contribution in [3.8, 4) is 11.3 Å². The van der Waals surface area contributed by atoms with E-state index in [1.165, 1.54) is 11.1 Å². The predicted molar refractivity (Wildman–Crippen MR) is 107 cm³/mol. The van der Waals surface area contributed by atoms with Gasteiger partial charge in [-0.3, -0.25) is 15.0 Å². The number of benzene rings is 2. The van der Waals surface area contributed by atoms with E-state index in [-0.39, 0.29) is 5.57 Å². The number of anilines is 1. The van der Waals surface area contributed by atoms with Crippen molar-refractivity contribution < 1.29 is 14.0 Å². The summed E-state index contributed by atoms with van der Waals surface area (Å²) in [6.45, 7) is 0. The van der Waals surface area contributed by atoms with Gasteiger partial charge in [-0.05, 0) is 54.6 Å². The Hall–Kier alpha value is -2.83. The Kier molecular flexibility index (Phi) is 4.59. The molecule has 4 rings (SSSR count). The minimum absolute atomic E-state index is 0.00153. The van der Waals surface area contributed by atoms with Crippen molar-refractivity contribution >= 4 is 51.1 Å². The molecular formula is C20H12BrClN2O3. The first-order valence-electron chi connectivity index (χ1n) is 8.00. The highest BCUT2D eigenvalue weighted by Crippen LogP contribution is 2.27. The van der Waals surface area contributed by atoms with Crippen LogP contribution in [-0.2, 0) is 9.59 Å². The molecule has 0 bridgehead atoms. The topological polar surface area (TPSA) is 62.6 Å². The van der Waals surface area contributed by atoms with Gasteiger partial charge in [-0.2, -0.15) is 0 Å². The first kappa shape index (κ1) is 17.6. The molecule has 27 heavy (non-hydrogen) atoms. The van der Waals surface area contributed by atoms with E-state index in [0.717, 1.165) is 10.0 Å². The number of hydrazine groups is 1. The standard InChI is InChI=1S/C20H12BrClN2O3/c21-13-3-1-12(2-4-13)18-10-9-16(27-18)11-17-19(25)23-24(20(17)26)15-7-5-14(22)6-8-15/h1-11H,(H,23,25)/b17-11+. The van der Waals surface area contributed by atoms with Crippen LogP contribution in [0.4, 0.5) is 5.69 Å². The largest absolute Gasteiger partial charge is 0.457 e. The Morgan fingerprint density at radius 3 is 2.37 bits per heavy atom. The number of hydrogen-bond acceptors (Lipinski definition) is 3. The molecule has 1 saturated heterocycles. The van der Waals surface area contributed by atoms with Crippen molar-refractivity contribution in [2.24, 2.45) is 0 Å². The first-order valence-corrected chi connectivity index (χ1v) is 9.17. The zero-order valence-corrected chi connectivity index (χ0v) is 16.1. The lowest BCUT2D eigenvalue weighted by Crippen LogP contribution is -2.35. The third-order valence-electron chi connectivity index (χ3n) is 4.02. The lowest BCUT2D eigenvalue weighted by molar-refractivity contribution is -0.117. The molecule has 7 heteroatoms. The summed E-state index contributed by atoms with van der Waals surface area (Å²) in [5, 5.41) is 1.73. The molecule has 0 unspecified atom stereocenters. The van der Waals surface area contributed by atoms with Gasteiger partial charge in [-0.1, -0.05) is 39.7 Å². The van der Waals surface area contributed by atoms with Crippen molar-refractivity contribution in [1.29, 1.82) is 0 Å². The number of amides is 2. The lowest BCUT2D eigenvalue weighted by atomic mass is 10.2. The minimum Gasteiger partial charge on any atom is -0.457 e. The van der Waals surface area contributed by atoms with E-state index in [0.29, 0.717) is 22.2 Å². The fraction of sp³-hybridized carbons (Fsp3) is 0. The molecule has 3 aromatic rings. The highest BCUT2D eigenvalue weighted by Gasteiger charge is 2.34. The molecule has 2 heterocycles.